The highest BCUT2D eigenvalue weighted by Crippen LogP contribution is 2.24. The van der Waals surface area contributed by atoms with Crippen molar-refractivity contribution < 1.29 is 9.47 Å². The summed E-state index contributed by atoms with van der Waals surface area (Å²) >= 11 is 0. The Bertz CT molecular complexity index is 302. The van der Waals surface area contributed by atoms with Gasteiger partial charge >= 0.3 is 0 Å². The number of benzene rings is 1. The van der Waals surface area contributed by atoms with Crippen molar-refractivity contribution in [3.63, 3.8) is 0 Å². The van der Waals surface area contributed by atoms with Crippen LogP contribution in [0, 0.1) is 0 Å². The average molecular weight is 204 g/mol. The van der Waals surface area contributed by atoms with E-state index in [9.17, 15) is 0 Å². The molecule has 1 heterocycles. The number of hydrogen-bond acceptors (Lipinski definition) is 2. The zero-order valence-corrected chi connectivity index (χ0v) is 8.76. The summed E-state index contributed by atoms with van der Waals surface area (Å²) in [5, 5.41) is 0. The molecular weight excluding hydrogens is 188 g/mol. The molecule has 0 aliphatic carbocycles. The fourth-order valence-corrected chi connectivity index (χ4v) is 1.73. The molecule has 1 fully saturated rings. The van der Waals surface area contributed by atoms with Gasteiger partial charge in [-0.15, -0.1) is 6.58 Å². The summed E-state index contributed by atoms with van der Waals surface area (Å²) in [7, 11) is 0. The van der Waals surface area contributed by atoms with Crippen LogP contribution < -0.4 is 0 Å². The van der Waals surface area contributed by atoms with Crippen LogP contribution in [0.5, 0.6) is 0 Å². The van der Waals surface area contributed by atoms with Crippen molar-refractivity contribution in [1.82, 2.24) is 0 Å². The van der Waals surface area contributed by atoms with Gasteiger partial charge in [-0.2, -0.15) is 0 Å². The monoisotopic (exact) mass is 204 g/mol. The molecule has 2 nitrogen and oxygen atoms in total. The Morgan fingerprint density at radius 2 is 2.20 bits per heavy atom. The highest BCUT2D eigenvalue weighted by molar-refractivity contribution is 5.20. The van der Waals surface area contributed by atoms with E-state index < -0.39 is 0 Å². The van der Waals surface area contributed by atoms with E-state index in [1.54, 1.807) is 0 Å². The van der Waals surface area contributed by atoms with Gasteiger partial charge in [-0.05, 0) is 12.0 Å². The summed E-state index contributed by atoms with van der Waals surface area (Å²) in [6.45, 7) is 4.61. The first-order valence-electron chi connectivity index (χ1n) is 5.34. The van der Waals surface area contributed by atoms with E-state index in [1.807, 2.05) is 36.4 Å². The third kappa shape index (κ3) is 2.67. The van der Waals surface area contributed by atoms with Crippen LogP contribution in [-0.2, 0) is 9.47 Å². The van der Waals surface area contributed by atoms with E-state index in [0.29, 0.717) is 0 Å². The predicted octanol–water partition coefficient (Wildman–Crippen LogP) is 3.07. The lowest BCUT2D eigenvalue weighted by Crippen LogP contribution is -2.14. The van der Waals surface area contributed by atoms with E-state index in [0.717, 1.165) is 25.0 Å². The molecule has 1 aliphatic rings. The molecule has 0 bridgehead atoms. The molecule has 1 aliphatic heterocycles. The molecule has 2 heteroatoms. The molecule has 0 N–H and O–H groups in total. The van der Waals surface area contributed by atoms with Gasteiger partial charge in [0.1, 0.15) is 6.10 Å². The Morgan fingerprint density at radius 3 is 2.80 bits per heavy atom. The van der Waals surface area contributed by atoms with Crippen LogP contribution in [0.1, 0.15) is 24.5 Å². The molecular formula is C13H16O2. The van der Waals surface area contributed by atoms with E-state index in [-0.39, 0.29) is 12.4 Å². The van der Waals surface area contributed by atoms with Gasteiger partial charge in [0.25, 0.3) is 0 Å². The average Bonchev–Trinajstić information content (AvgIpc) is 2.80. The Hall–Kier alpha value is -1.12. The van der Waals surface area contributed by atoms with E-state index in [2.05, 4.69) is 6.58 Å². The largest absolute Gasteiger partial charge is 0.353 e. The number of rotatable bonds is 4. The van der Waals surface area contributed by atoms with Gasteiger partial charge in [-0.3, -0.25) is 0 Å². The lowest BCUT2D eigenvalue weighted by Gasteiger charge is -2.18. The lowest BCUT2D eigenvalue weighted by molar-refractivity contribution is -0.132. The van der Waals surface area contributed by atoms with Crippen molar-refractivity contribution in [2.45, 2.75) is 25.2 Å². The van der Waals surface area contributed by atoms with Crippen LogP contribution in [0.3, 0.4) is 0 Å². The zero-order chi connectivity index (χ0) is 10.5. The molecule has 0 radical (unpaired) electrons. The van der Waals surface area contributed by atoms with E-state index >= 15 is 0 Å². The molecule has 0 aromatic heterocycles. The summed E-state index contributed by atoms with van der Waals surface area (Å²) in [6.07, 6.45) is 3.76. The molecule has 2 rings (SSSR count). The Balaban J connectivity index is 2.01. The van der Waals surface area contributed by atoms with Crippen LogP contribution in [-0.4, -0.2) is 12.9 Å². The first-order chi connectivity index (χ1) is 7.40. The topological polar surface area (TPSA) is 18.5 Å². The second kappa shape index (κ2) is 5.10. The van der Waals surface area contributed by atoms with Crippen LogP contribution in [0.15, 0.2) is 43.0 Å². The van der Waals surface area contributed by atoms with Crippen LogP contribution in [0.25, 0.3) is 0 Å². The normalized spacial score (nSPS) is 22.5. The van der Waals surface area contributed by atoms with Gasteiger partial charge in [-0.25, -0.2) is 0 Å². The second-order valence-corrected chi connectivity index (χ2v) is 3.65. The van der Waals surface area contributed by atoms with Gasteiger partial charge in [0.05, 0.1) is 0 Å². The van der Waals surface area contributed by atoms with Crippen LogP contribution >= 0.6 is 0 Å². The highest BCUT2D eigenvalue weighted by atomic mass is 16.7. The molecule has 0 amide bonds. The quantitative estimate of drug-likeness (QED) is 0.702. The first kappa shape index (κ1) is 10.4. The van der Waals surface area contributed by atoms with Crippen LogP contribution in [0.2, 0.25) is 0 Å². The fraction of sp³-hybridized carbons (Fsp3) is 0.385. The molecule has 1 saturated heterocycles. The zero-order valence-electron chi connectivity index (χ0n) is 8.76. The molecule has 15 heavy (non-hydrogen) atoms. The van der Waals surface area contributed by atoms with Gasteiger partial charge < -0.3 is 9.47 Å². The van der Waals surface area contributed by atoms with Gasteiger partial charge in [0.15, 0.2) is 6.29 Å². The molecule has 80 valence electrons. The molecule has 1 aromatic carbocycles. The van der Waals surface area contributed by atoms with Gasteiger partial charge in [0.2, 0.25) is 0 Å². The third-order valence-electron chi connectivity index (χ3n) is 2.53. The molecule has 2 unspecified atom stereocenters. The predicted molar refractivity (Wildman–Crippen MR) is 59.4 cm³/mol. The minimum atomic E-state index is -0.0618. The summed E-state index contributed by atoms with van der Waals surface area (Å²) in [5.41, 5.74) is 1.13. The molecule has 2 atom stereocenters. The molecule has 0 spiro atoms. The Kier molecular flexibility index (Phi) is 3.54. The van der Waals surface area contributed by atoms with Crippen LogP contribution in [0.4, 0.5) is 0 Å². The number of ether oxygens (including phenoxy) is 2. The first-order valence-corrected chi connectivity index (χ1v) is 5.34. The van der Waals surface area contributed by atoms with Crippen molar-refractivity contribution in [2.75, 3.05) is 6.61 Å². The Morgan fingerprint density at radius 1 is 1.40 bits per heavy atom. The summed E-state index contributed by atoms with van der Waals surface area (Å²) < 4.78 is 11.2. The molecule has 1 aromatic rings. The standard InChI is InChI=1S/C13H16O2/c1-2-12(11-7-4-3-5-8-11)15-13-9-6-10-14-13/h2-5,7-8,12-13H,1,6,9-10H2. The van der Waals surface area contributed by atoms with Gasteiger partial charge in [0, 0.05) is 13.0 Å². The maximum Gasteiger partial charge on any atom is 0.158 e. The van der Waals surface area contributed by atoms with Gasteiger partial charge in [-0.1, -0.05) is 36.4 Å². The minimum Gasteiger partial charge on any atom is -0.353 e. The second-order valence-electron chi connectivity index (χ2n) is 3.65. The summed E-state index contributed by atoms with van der Waals surface area (Å²) in [4.78, 5) is 0. The van der Waals surface area contributed by atoms with Crippen molar-refractivity contribution in [3.05, 3.63) is 48.6 Å². The summed E-state index contributed by atoms with van der Waals surface area (Å²) in [5.74, 6) is 0. The maximum absolute atomic E-state index is 5.81. The lowest BCUT2D eigenvalue weighted by atomic mass is 10.1. The Labute approximate surface area is 90.5 Å². The highest BCUT2D eigenvalue weighted by Gasteiger charge is 2.20. The van der Waals surface area contributed by atoms with E-state index in [4.69, 9.17) is 9.47 Å². The van der Waals surface area contributed by atoms with Crippen molar-refractivity contribution in [3.8, 4) is 0 Å². The number of hydrogen-bond donors (Lipinski definition) is 0. The summed E-state index contributed by atoms with van der Waals surface area (Å²) in [6, 6.07) is 10.1. The molecule has 0 saturated carbocycles. The minimum absolute atomic E-state index is 0.0608. The maximum atomic E-state index is 5.81. The fourth-order valence-electron chi connectivity index (χ4n) is 1.73. The van der Waals surface area contributed by atoms with Crippen molar-refractivity contribution in [1.29, 1.82) is 0 Å². The smallest absolute Gasteiger partial charge is 0.158 e. The van der Waals surface area contributed by atoms with E-state index in [1.165, 1.54) is 0 Å². The van der Waals surface area contributed by atoms with Crippen molar-refractivity contribution in [2.24, 2.45) is 0 Å². The third-order valence-corrected chi connectivity index (χ3v) is 2.53. The SMILES string of the molecule is C=CC(OC1CCCO1)c1ccccc1. The van der Waals surface area contributed by atoms with Crippen molar-refractivity contribution >= 4 is 0 Å².